The fourth-order valence-corrected chi connectivity index (χ4v) is 3.76. The monoisotopic (exact) mass is 474 g/mol. The van der Waals surface area contributed by atoms with Gasteiger partial charge in [0.15, 0.2) is 0 Å². The lowest BCUT2D eigenvalue weighted by atomic mass is 10.0. The average molecular weight is 475 g/mol. The first-order valence-corrected chi connectivity index (χ1v) is 11.0. The van der Waals surface area contributed by atoms with Gasteiger partial charge in [0.1, 0.15) is 23.9 Å². The maximum atomic E-state index is 13.9. The summed E-state index contributed by atoms with van der Waals surface area (Å²) < 4.78 is 12.0. The Kier molecular flexibility index (Phi) is 7.63. The Morgan fingerprint density at radius 3 is 2.71 bits per heavy atom. The normalized spacial score (nSPS) is 11.7. The summed E-state index contributed by atoms with van der Waals surface area (Å²) in [5.41, 5.74) is 2.44. The molecule has 0 saturated carbocycles. The Morgan fingerprint density at radius 2 is 1.94 bits per heavy atom. The first kappa shape index (κ1) is 23.8. The van der Waals surface area contributed by atoms with Crippen LogP contribution in [0.3, 0.4) is 0 Å². The highest BCUT2D eigenvalue weighted by Crippen LogP contribution is 2.30. The zero-order valence-electron chi connectivity index (χ0n) is 19.5. The third kappa shape index (κ3) is 5.44. The van der Waals surface area contributed by atoms with Crippen LogP contribution in [0.5, 0.6) is 5.75 Å². The van der Waals surface area contributed by atoms with E-state index in [0.717, 1.165) is 0 Å². The molecule has 0 unspecified atom stereocenters. The number of carbonyl (C=O) groups excluding carboxylic acids is 2. The van der Waals surface area contributed by atoms with E-state index in [0.29, 0.717) is 41.2 Å². The molecule has 0 fully saturated rings. The fraction of sp³-hybridized carbons (Fsp3) is 0.240. The molecule has 0 aliphatic rings. The Bertz CT molecular complexity index is 1290. The molecule has 2 aromatic carbocycles. The summed E-state index contributed by atoms with van der Waals surface area (Å²) in [5, 5.41) is 11.1. The van der Waals surface area contributed by atoms with Crippen molar-refractivity contribution >= 4 is 28.5 Å². The molecule has 1 atom stereocenters. The van der Waals surface area contributed by atoms with E-state index in [1.807, 2.05) is 24.3 Å². The summed E-state index contributed by atoms with van der Waals surface area (Å²) in [6, 6.07) is 16.9. The van der Waals surface area contributed by atoms with Crippen molar-refractivity contribution in [3.63, 3.8) is 0 Å². The van der Waals surface area contributed by atoms with Gasteiger partial charge in [-0.3, -0.25) is 19.5 Å². The predicted octanol–water partition coefficient (Wildman–Crippen LogP) is 2.37. The highest BCUT2D eigenvalue weighted by molar-refractivity contribution is 6.01. The van der Waals surface area contributed by atoms with Gasteiger partial charge in [0.2, 0.25) is 11.8 Å². The van der Waals surface area contributed by atoms with E-state index in [1.165, 1.54) is 9.58 Å². The molecule has 1 N–H and O–H groups in total. The molecule has 4 aromatic rings. The topological polar surface area (TPSA) is 111 Å². The minimum atomic E-state index is -0.991. The Labute approximate surface area is 202 Å². The van der Waals surface area contributed by atoms with Crippen molar-refractivity contribution in [1.29, 1.82) is 0 Å². The van der Waals surface area contributed by atoms with Crippen LogP contribution < -0.4 is 15.0 Å². The summed E-state index contributed by atoms with van der Waals surface area (Å²) in [6.07, 6.45) is 3.19. The van der Waals surface area contributed by atoms with Crippen LogP contribution in [0.2, 0.25) is 0 Å². The minimum Gasteiger partial charge on any atom is -0.497 e. The van der Waals surface area contributed by atoms with Gasteiger partial charge in [0.05, 0.1) is 19.2 Å². The average Bonchev–Trinajstić information content (AvgIpc) is 3.30. The zero-order valence-corrected chi connectivity index (χ0v) is 19.5. The second kappa shape index (κ2) is 11.2. The minimum absolute atomic E-state index is 0.125. The fourth-order valence-electron chi connectivity index (χ4n) is 3.76. The van der Waals surface area contributed by atoms with Crippen molar-refractivity contribution in [3.8, 4) is 5.75 Å². The molecule has 0 spiro atoms. The molecule has 0 aliphatic heterocycles. The molecule has 2 heterocycles. The summed E-state index contributed by atoms with van der Waals surface area (Å²) in [7, 11) is 3.10. The van der Waals surface area contributed by atoms with E-state index in [4.69, 9.17) is 9.47 Å². The number of ether oxygens (including phenoxy) is 2. The van der Waals surface area contributed by atoms with Crippen molar-refractivity contribution in [2.45, 2.75) is 12.6 Å². The molecule has 0 saturated heterocycles. The molecule has 2 amide bonds. The molecule has 2 aromatic heterocycles. The Morgan fingerprint density at radius 1 is 1.09 bits per heavy atom. The standard InChI is InChI=1S/C25H26N6O4/c1-34-14-13-27-25(33)24(18-7-6-12-26-16-18)31(19-8-5-9-20(15-19)35-2)23(32)17-30-22-11-4-3-10-21(22)28-29-30/h3-12,15-16,24H,13-14,17H2,1-2H3,(H,27,33)/t24-/m0/s1. The van der Waals surface area contributed by atoms with E-state index < -0.39 is 6.04 Å². The summed E-state index contributed by atoms with van der Waals surface area (Å²) in [5.74, 6) is -0.171. The quantitative estimate of drug-likeness (QED) is 0.351. The van der Waals surface area contributed by atoms with Crippen LogP contribution >= 0.6 is 0 Å². The Hall–Kier alpha value is -4.31. The number of carbonyl (C=O) groups is 2. The van der Waals surface area contributed by atoms with Gasteiger partial charge in [-0.05, 0) is 30.3 Å². The zero-order chi connectivity index (χ0) is 24.6. The van der Waals surface area contributed by atoms with Gasteiger partial charge in [0, 0.05) is 43.4 Å². The van der Waals surface area contributed by atoms with E-state index >= 15 is 0 Å². The number of para-hydroxylation sites is 1. The van der Waals surface area contributed by atoms with E-state index in [1.54, 1.807) is 63.0 Å². The van der Waals surface area contributed by atoms with Crippen LogP contribution in [-0.4, -0.2) is 59.2 Å². The van der Waals surface area contributed by atoms with Crippen LogP contribution in [-0.2, 0) is 20.9 Å². The van der Waals surface area contributed by atoms with Crippen LogP contribution in [0, 0.1) is 0 Å². The van der Waals surface area contributed by atoms with Crippen molar-refractivity contribution in [1.82, 2.24) is 25.3 Å². The predicted molar refractivity (Wildman–Crippen MR) is 130 cm³/mol. The molecular formula is C25H26N6O4. The smallest absolute Gasteiger partial charge is 0.249 e. The molecule has 10 heteroatoms. The van der Waals surface area contributed by atoms with Gasteiger partial charge < -0.3 is 14.8 Å². The third-order valence-corrected chi connectivity index (χ3v) is 5.42. The van der Waals surface area contributed by atoms with Crippen LogP contribution in [0.25, 0.3) is 11.0 Å². The second-order valence-corrected chi connectivity index (χ2v) is 7.67. The van der Waals surface area contributed by atoms with Crippen molar-refractivity contribution in [2.24, 2.45) is 0 Å². The number of benzene rings is 2. The first-order valence-electron chi connectivity index (χ1n) is 11.0. The number of hydrogen-bond acceptors (Lipinski definition) is 7. The maximum absolute atomic E-state index is 13.9. The molecule has 0 radical (unpaired) electrons. The lowest BCUT2D eigenvalue weighted by molar-refractivity contribution is -0.127. The molecule has 180 valence electrons. The maximum Gasteiger partial charge on any atom is 0.249 e. The number of fused-ring (bicyclic) bond motifs is 1. The number of nitrogens with one attached hydrogen (secondary N) is 1. The van der Waals surface area contributed by atoms with Gasteiger partial charge in [0.25, 0.3) is 0 Å². The van der Waals surface area contributed by atoms with Crippen LogP contribution in [0.4, 0.5) is 5.69 Å². The largest absolute Gasteiger partial charge is 0.497 e. The number of nitrogens with zero attached hydrogens (tertiary/aromatic N) is 5. The number of rotatable bonds is 10. The number of aromatic nitrogens is 4. The van der Waals surface area contributed by atoms with Crippen molar-refractivity contribution in [3.05, 3.63) is 78.6 Å². The van der Waals surface area contributed by atoms with Gasteiger partial charge in [-0.25, -0.2) is 4.68 Å². The molecule has 35 heavy (non-hydrogen) atoms. The lowest BCUT2D eigenvalue weighted by Crippen LogP contribution is -2.46. The number of hydrogen-bond donors (Lipinski definition) is 1. The van der Waals surface area contributed by atoms with Crippen molar-refractivity contribution in [2.75, 3.05) is 32.3 Å². The van der Waals surface area contributed by atoms with E-state index in [-0.39, 0.29) is 18.4 Å². The molecule has 0 aliphatic carbocycles. The summed E-state index contributed by atoms with van der Waals surface area (Å²) in [4.78, 5) is 32.9. The molecular weight excluding hydrogens is 448 g/mol. The van der Waals surface area contributed by atoms with E-state index in [9.17, 15) is 9.59 Å². The number of anilines is 1. The summed E-state index contributed by atoms with van der Waals surface area (Å²) in [6.45, 7) is 0.503. The Balaban J connectivity index is 1.77. The second-order valence-electron chi connectivity index (χ2n) is 7.67. The molecule has 0 bridgehead atoms. The van der Waals surface area contributed by atoms with Crippen molar-refractivity contribution < 1.29 is 19.1 Å². The van der Waals surface area contributed by atoms with Crippen LogP contribution in [0.1, 0.15) is 11.6 Å². The van der Waals surface area contributed by atoms with E-state index in [2.05, 4.69) is 20.6 Å². The van der Waals surface area contributed by atoms with Gasteiger partial charge in [-0.2, -0.15) is 0 Å². The number of pyridine rings is 1. The summed E-state index contributed by atoms with van der Waals surface area (Å²) >= 11 is 0. The third-order valence-electron chi connectivity index (χ3n) is 5.42. The van der Waals surface area contributed by atoms with Gasteiger partial charge in [-0.15, -0.1) is 5.10 Å². The SMILES string of the molecule is COCCNC(=O)[C@H](c1cccnc1)N(C(=O)Cn1nnc2ccccc21)c1cccc(OC)c1. The lowest BCUT2D eigenvalue weighted by Gasteiger charge is -2.31. The number of amides is 2. The van der Waals surface area contributed by atoms with Gasteiger partial charge in [-0.1, -0.05) is 29.5 Å². The van der Waals surface area contributed by atoms with Gasteiger partial charge >= 0.3 is 0 Å². The number of methoxy groups -OCH3 is 2. The highest BCUT2D eigenvalue weighted by atomic mass is 16.5. The highest BCUT2D eigenvalue weighted by Gasteiger charge is 2.33. The molecule has 10 nitrogen and oxygen atoms in total. The first-order chi connectivity index (χ1) is 17.1. The van der Waals surface area contributed by atoms with Crippen LogP contribution in [0.15, 0.2) is 73.1 Å². The molecule has 4 rings (SSSR count).